The highest BCUT2D eigenvalue weighted by Crippen LogP contribution is 2.67. The normalized spacial score (nSPS) is 49.1. The van der Waals surface area contributed by atoms with Crippen molar-refractivity contribution >= 4 is 11.8 Å². The van der Waals surface area contributed by atoms with Crippen LogP contribution in [0.15, 0.2) is 0 Å². The van der Waals surface area contributed by atoms with Crippen molar-refractivity contribution in [3.63, 3.8) is 0 Å². The van der Waals surface area contributed by atoms with E-state index in [9.17, 15) is 19.8 Å². The van der Waals surface area contributed by atoms with Crippen molar-refractivity contribution in [2.45, 2.75) is 91.1 Å². The second-order valence-corrected chi connectivity index (χ2v) is 11.1. The van der Waals surface area contributed by atoms with E-state index in [4.69, 9.17) is 0 Å². The van der Waals surface area contributed by atoms with E-state index in [1.165, 1.54) is 12.8 Å². The minimum absolute atomic E-state index is 0.0980. The first kappa shape index (κ1) is 20.4. The van der Waals surface area contributed by atoms with Crippen LogP contribution in [0.2, 0.25) is 0 Å². The number of hydrogen-bond acceptors (Lipinski definition) is 4. The highest BCUT2D eigenvalue weighted by atomic mass is 16.4. The van der Waals surface area contributed by atoms with Gasteiger partial charge in [-0.2, -0.15) is 0 Å². The van der Waals surface area contributed by atoms with Gasteiger partial charge in [0, 0.05) is 17.8 Å². The summed E-state index contributed by atoms with van der Waals surface area (Å²) in [6.07, 6.45) is 8.69. The molecule has 0 aromatic heterocycles. The smallest absolute Gasteiger partial charge is 0.139 e. The molecule has 0 spiro atoms. The molecule has 0 aromatic rings. The third-order valence-corrected chi connectivity index (χ3v) is 10.1. The summed E-state index contributed by atoms with van der Waals surface area (Å²) in [4.78, 5) is 24.5. The molecule has 158 valence electrons. The van der Waals surface area contributed by atoms with Crippen LogP contribution < -0.4 is 5.11 Å². The average molecular weight is 390 g/mol. The van der Waals surface area contributed by atoms with Crippen molar-refractivity contribution in [3.8, 4) is 0 Å². The molecule has 9 atom stereocenters. The molecule has 1 N–H and O–H groups in total. The van der Waals surface area contributed by atoms with E-state index >= 15 is 0 Å². The molecule has 0 heterocycles. The first-order valence-corrected chi connectivity index (χ1v) is 11.6. The van der Waals surface area contributed by atoms with Gasteiger partial charge in [-0.15, -0.1) is 0 Å². The van der Waals surface area contributed by atoms with Gasteiger partial charge in [0.25, 0.3) is 0 Å². The lowest BCUT2D eigenvalue weighted by atomic mass is 9.44. The van der Waals surface area contributed by atoms with E-state index in [-0.39, 0.29) is 29.3 Å². The Morgan fingerprint density at radius 3 is 2.64 bits per heavy atom. The summed E-state index contributed by atoms with van der Waals surface area (Å²) in [5.74, 6) is 2.14. The quantitative estimate of drug-likeness (QED) is 0.800. The van der Waals surface area contributed by atoms with Crippen LogP contribution in [-0.2, 0) is 9.59 Å². The summed E-state index contributed by atoms with van der Waals surface area (Å²) in [5.41, 5.74) is -0.0677. The predicted octanol–water partition coefficient (Wildman–Crippen LogP) is 3.35. The van der Waals surface area contributed by atoms with Crippen LogP contribution in [0.3, 0.4) is 0 Å². The third-order valence-electron chi connectivity index (χ3n) is 10.1. The van der Waals surface area contributed by atoms with Gasteiger partial charge < -0.3 is 15.0 Å². The van der Waals surface area contributed by atoms with E-state index in [0.717, 1.165) is 32.1 Å². The van der Waals surface area contributed by atoms with Crippen LogP contribution in [0, 0.1) is 46.3 Å². The van der Waals surface area contributed by atoms with Crippen molar-refractivity contribution in [1.29, 1.82) is 0 Å². The number of aliphatic hydroxyl groups is 1. The molecule has 4 saturated carbocycles. The zero-order valence-electron chi connectivity index (χ0n) is 17.8. The molecular formula is C24H37O4-. The lowest BCUT2D eigenvalue weighted by Gasteiger charge is -2.60. The monoisotopic (exact) mass is 389 g/mol. The van der Waals surface area contributed by atoms with Gasteiger partial charge in [-0.1, -0.05) is 20.8 Å². The first-order valence-electron chi connectivity index (χ1n) is 11.6. The molecule has 4 fully saturated rings. The maximum atomic E-state index is 13.6. The fourth-order valence-corrected chi connectivity index (χ4v) is 8.43. The van der Waals surface area contributed by atoms with Gasteiger partial charge >= 0.3 is 0 Å². The molecule has 28 heavy (non-hydrogen) atoms. The molecule has 0 aromatic carbocycles. The van der Waals surface area contributed by atoms with Gasteiger partial charge in [-0.05, 0) is 98.7 Å². The van der Waals surface area contributed by atoms with Crippen molar-refractivity contribution in [2.75, 3.05) is 0 Å². The number of aliphatic hydroxyl groups excluding tert-OH is 1. The molecule has 0 unspecified atom stereocenters. The van der Waals surface area contributed by atoms with Gasteiger partial charge in [0.15, 0.2) is 0 Å². The maximum absolute atomic E-state index is 13.6. The maximum Gasteiger partial charge on any atom is 0.139 e. The Hall–Kier alpha value is -0.900. The van der Waals surface area contributed by atoms with Crippen LogP contribution in [0.5, 0.6) is 0 Å². The van der Waals surface area contributed by atoms with E-state index in [0.29, 0.717) is 48.2 Å². The fourth-order valence-electron chi connectivity index (χ4n) is 8.43. The van der Waals surface area contributed by atoms with Gasteiger partial charge in [-0.25, -0.2) is 0 Å². The van der Waals surface area contributed by atoms with Crippen LogP contribution in [0.1, 0.15) is 85.0 Å². The Labute approximate surface area is 169 Å². The number of carboxylic acid groups (broad SMARTS) is 1. The standard InChI is InChI=1S/C24H38O4/c1-14(4-9-22(27)28)18-7-8-19-17-6-5-15-12-16(25)10-11-23(15,2)20(17)13-21(26)24(18,19)3/h14-20,25H,4-13H2,1-3H3,(H,27,28)/p-1/t14-,15+,16+,17-,18-,19+,20-,23+,24-/m1/s1. The van der Waals surface area contributed by atoms with Crippen molar-refractivity contribution in [2.24, 2.45) is 46.3 Å². The summed E-state index contributed by atoms with van der Waals surface area (Å²) in [6.45, 7) is 6.76. The van der Waals surface area contributed by atoms with Gasteiger partial charge in [0.2, 0.25) is 0 Å². The van der Waals surface area contributed by atoms with Crippen molar-refractivity contribution in [3.05, 3.63) is 0 Å². The first-order chi connectivity index (χ1) is 13.2. The Morgan fingerprint density at radius 2 is 1.93 bits per heavy atom. The highest BCUT2D eigenvalue weighted by molar-refractivity contribution is 5.87. The SMILES string of the molecule is C[C@H](CCC(=O)[O-])[C@H]1CC[C@H]2[C@H]3CC[C@H]4C[C@@H](O)CC[C@]4(C)[C@@H]3CC(=O)[C@]12C. The Bertz CT molecular complexity index is 645. The molecule has 4 aliphatic rings. The molecule has 4 nitrogen and oxygen atoms in total. The third kappa shape index (κ3) is 2.97. The van der Waals surface area contributed by atoms with E-state index in [1.807, 2.05) is 0 Å². The number of ketones is 1. The molecule has 0 saturated heterocycles. The topological polar surface area (TPSA) is 77.4 Å². The largest absolute Gasteiger partial charge is 0.550 e. The minimum atomic E-state index is -0.979. The second kappa shape index (κ2) is 7.11. The van der Waals surface area contributed by atoms with Gasteiger partial charge in [0.1, 0.15) is 5.78 Å². The fraction of sp³-hybridized carbons (Fsp3) is 0.917. The number of aliphatic carboxylic acids is 1. The molecular weight excluding hydrogens is 352 g/mol. The molecule has 0 radical (unpaired) electrons. The van der Waals surface area contributed by atoms with E-state index in [2.05, 4.69) is 20.8 Å². The molecule has 4 aliphatic carbocycles. The molecule has 0 bridgehead atoms. The highest BCUT2D eigenvalue weighted by Gasteiger charge is 2.63. The number of hydrogen-bond donors (Lipinski definition) is 1. The zero-order valence-corrected chi connectivity index (χ0v) is 17.8. The van der Waals surface area contributed by atoms with E-state index in [1.54, 1.807) is 0 Å². The predicted molar refractivity (Wildman–Crippen MR) is 105 cm³/mol. The summed E-state index contributed by atoms with van der Waals surface area (Å²) >= 11 is 0. The minimum Gasteiger partial charge on any atom is -0.550 e. The van der Waals surface area contributed by atoms with Crippen LogP contribution >= 0.6 is 0 Å². The molecule has 0 amide bonds. The van der Waals surface area contributed by atoms with Crippen molar-refractivity contribution in [1.82, 2.24) is 0 Å². The molecule has 4 heteroatoms. The lowest BCUT2D eigenvalue weighted by Crippen LogP contribution is -2.57. The van der Waals surface area contributed by atoms with Crippen LogP contribution in [0.4, 0.5) is 0 Å². The average Bonchev–Trinajstić information content (AvgIpc) is 3.00. The van der Waals surface area contributed by atoms with Crippen LogP contribution in [-0.4, -0.2) is 23.0 Å². The summed E-state index contributed by atoms with van der Waals surface area (Å²) in [7, 11) is 0. The number of carboxylic acids is 1. The summed E-state index contributed by atoms with van der Waals surface area (Å²) in [6, 6.07) is 0. The Morgan fingerprint density at radius 1 is 1.18 bits per heavy atom. The number of fused-ring (bicyclic) bond motifs is 5. The summed E-state index contributed by atoms with van der Waals surface area (Å²) < 4.78 is 0. The Balaban J connectivity index is 1.57. The number of carbonyl (C=O) groups is 2. The number of Topliss-reactive ketones (excluding diaryl/α,β-unsaturated/α-hetero) is 1. The van der Waals surface area contributed by atoms with E-state index < -0.39 is 5.97 Å². The lowest BCUT2D eigenvalue weighted by molar-refractivity contribution is -0.306. The Kier molecular flexibility index (Phi) is 5.17. The second-order valence-electron chi connectivity index (χ2n) is 11.1. The zero-order chi connectivity index (χ0) is 20.3. The van der Waals surface area contributed by atoms with Crippen molar-refractivity contribution < 1.29 is 19.8 Å². The van der Waals surface area contributed by atoms with Gasteiger partial charge in [-0.3, -0.25) is 4.79 Å². The van der Waals surface area contributed by atoms with Crippen LogP contribution in [0.25, 0.3) is 0 Å². The number of carbonyl (C=O) groups excluding carboxylic acids is 2. The molecule has 4 rings (SSSR count). The van der Waals surface area contributed by atoms with Gasteiger partial charge in [0.05, 0.1) is 6.10 Å². The number of rotatable bonds is 4. The molecule has 0 aliphatic heterocycles. The summed E-state index contributed by atoms with van der Waals surface area (Å²) in [5, 5.41) is 21.1.